The highest BCUT2D eigenvalue weighted by Gasteiger charge is 2.22. The number of amides is 1. The van der Waals surface area contributed by atoms with Crippen molar-refractivity contribution >= 4 is 17.7 Å². The predicted molar refractivity (Wildman–Crippen MR) is 73.7 cm³/mol. The second-order valence-corrected chi connectivity index (χ2v) is 5.14. The van der Waals surface area contributed by atoms with Crippen LogP contribution >= 0.6 is 11.8 Å². The first-order chi connectivity index (χ1) is 9.61. The number of halogens is 2. The van der Waals surface area contributed by atoms with Crippen molar-refractivity contribution in [3.8, 4) is 0 Å². The molecule has 1 unspecified atom stereocenters. The second kappa shape index (κ2) is 6.49. The van der Waals surface area contributed by atoms with Crippen molar-refractivity contribution < 1.29 is 13.6 Å². The summed E-state index contributed by atoms with van der Waals surface area (Å²) in [5.74, 6) is 3.34. The summed E-state index contributed by atoms with van der Waals surface area (Å²) in [4.78, 5) is 12.0. The molecule has 6 heteroatoms. The van der Waals surface area contributed by atoms with Gasteiger partial charge in [-0.2, -0.15) is 0 Å². The minimum absolute atomic E-state index is 0.184. The Bertz CT molecular complexity index is 607. The smallest absolute Gasteiger partial charge is 0.251 e. The molecule has 2 aromatic rings. The number of nitrogens with one attached hydrogen (secondary N) is 1. The van der Waals surface area contributed by atoms with Crippen LogP contribution in [0.3, 0.4) is 0 Å². The van der Waals surface area contributed by atoms with Crippen LogP contribution in [0.25, 0.3) is 0 Å². The highest BCUT2D eigenvalue weighted by molar-refractivity contribution is 8.00. The molecule has 0 saturated heterocycles. The second-order valence-electron chi connectivity index (χ2n) is 3.99. The van der Waals surface area contributed by atoms with Gasteiger partial charge in [0.25, 0.3) is 5.91 Å². The van der Waals surface area contributed by atoms with Gasteiger partial charge in [0.05, 0.1) is 0 Å². The van der Waals surface area contributed by atoms with Crippen LogP contribution in [-0.4, -0.2) is 5.91 Å². The van der Waals surface area contributed by atoms with Gasteiger partial charge in [-0.15, -0.1) is 11.8 Å². The summed E-state index contributed by atoms with van der Waals surface area (Å²) in [6, 6.07) is 12.1. The van der Waals surface area contributed by atoms with E-state index >= 15 is 0 Å². The van der Waals surface area contributed by atoms with E-state index in [1.54, 1.807) is 24.3 Å². The fourth-order valence-electron chi connectivity index (χ4n) is 1.67. The van der Waals surface area contributed by atoms with E-state index in [0.29, 0.717) is 5.56 Å². The first kappa shape index (κ1) is 14.5. The van der Waals surface area contributed by atoms with Crippen molar-refractivity contribution in [2.75, 3.05) is 0 Å². The molecule has 1 amide bonds. The number of carbonyl (C=O) groups excluding carboxylic acids is 1. The monoisotopic (exact) mass is 294 g/mol. The van der Waals surface area contributed by atoms with E-state index in [0.717, 1.165) is 23.9 Å². The molecule has 3 nitrogen and oxygen atoms in total. The summed E-state index contributed by atoms with van der Waals surface area (Å²) in [6.07, 6.45) is 0. The van der Waals surface area contributed by atoms with Gasteiger partial charge in [0.2, 0.25) is 0 Å². The summed E-state index contributed by atoms with van der Waals surface area (Å²) in [6.45, 7) is 0. The molecule has 0 fully saturated rings. The van der Waals surface area contributed by atoms with Crippen molar-refractivity contribution in [3.63, 3.8) is 0 Å². The molecule has 0 bridgehead atoms. The molecule has 0 aliphatic rings. The minimum atomic E-state index is -0.708. The number of hydrazine groups is 1. The van der Waals surface area contributed by atoms with E-state index in [1.165, 1.54) is 6.07 Å². The third-order valence-electron chi connectivity index (χ3n) is 2.62. The minimum Gasteiger partial charge on any atom is -0.293 e. The molecule has 0 aliphatic carbocycles. The number of rotatable bonds is 4. The van der Waals surface area contributed by atoms with Gasteiger partial charge in [-0.05, 0) is 17.7 Å². The Morgan fingerprint density at radius 2 is 1.85 bits per heavy atom. The Morgan fingerprint density at radius 3 is 2.45 bits per heavy atom. The average Bonchev–Trinajstić information content (AvgIpc) is 2.46. The van der Waals surface area contributed by atoms with Crippen molar-refractivity contribution in [2.24, 2.45) is 5.84 Å². The molecule has 0 radical (unpaired) electrons. The summed E-state index contributed by atoms with van der Waals surface area (Å²) >= 11 is 0.976. The quantitative estimate of drug-likeness (QED) is 0.394. The fourth-order valence-corrected chi connectivity index (χ4v) is 2.71. The lowest BCUT2D eigenvalue weighted by Gasteiger charge is -2.15. The van der Waals surface area contributed by atoms with Crippen LogP contribution in [0.1, 0.15) is 10.8 Å². The SMILES string of the molecule is NNC(=O)C(Sc1ccc(F)cc1F)c1ccccc1. The standard InChI is InChI=1S/C14H12F2N2OS/c15-10-6-7-12(11(16)8-10)20-13(14(19)18-17)9-4-2-1-3-5-9/h1-8,13H,17H2,(H,18,19). The maximum atomic E-state index is 13.7. The molecular formula is C14H12F2N2OS. The van der Waals surface area contributed by atoms with Crippen molar-refractivity contribution in [2.45, 2.75) is 10.1 Å². The first-order valence-electron chi connectivity index (χ1n) is 5.79. The molecule has 104 valence electrons. The van der Waals surface area contributed by atoms with Crippen LogP contribution in [0.5, 0.6) is 0 Å². The summed E-state index contributed by atoms with van der Waals surface area (Å²) in [7, 11) is 0. The maximum absolute atomic E-state index is 13.7. The number of thioether (sulfide) groups is 1. The third kappa shape index (κ3) is 3.34. The van der Waals surface area contributed by atoms with Gasteiger partial charge >= 0.3 is 0 Å². The molecule has 0 aromatic heterocycles. The third-order valence-corrected chi connectivity index (χ3v) is 3.93. The van der Waals surface area contributed by atoms with Crippen LogP contribution in [0.15, 0.2) is 53.4 Å². The Kier molecular flexibility index (Phi) is 4.70. The molecular weight excluding hydrogens is 282 g/mol. The summed E-state index contributed by atoms with van der Waals surface area (Å²) in [5, 5.41) is -0.707. The molecule has 20 heavy (non-hydrogen) atoms. The zero-order valence-corrected chi connectivity index (χ0v) is 11.2. The largest absolute Gasteiger partial charge is 0.293 e. The Balaban J connectivity index is 2.31. The topological polar surface area (TPSA) is 55.1 Å². The van der Waals surface area contributed by atoms with Gasteiger partial charge in [0.15, 0.2) is 0 Å². The number of carbonyl (C=O) groups is 1. The number of benzene rings is 2. The van der Waals surface area contributed by atoms with Crippen molar-refractivity contribution in [3.05, 3.63) is 65.7 Å². The van der Waals surface area contributed by atoms with Crippen LogP contribution in [-0.2, 0) is 4.79 Å². The van der Waals surface area contributed by atoms with Gasteiger partial charge in [-0.25, -0.2) is 14.6 Å². The molecule has 2 aromatic carbocycles. The van der Waals surface area contributed by atoms with E-state index < -0.39 is 22.8 Å². The lowest BCUT2D eigenvalue weighted by molar-refractivity contribution is -0.120. The molecule has 1 atom stereocenters. The van der Waals surface area contributed by atoms with Crippen LogP contribution < -0.4 is 11.3 Å². The van der Waals surface area contributed by atoms with Crippen LogP contribution in [0, 0.1) is 11.6 Å². The molecule has 0 saturated carbocycles. The first-order valence-corrected chi connectivity index (χ1v) is 6.67. The summed E-state index contributed by atoms with van der Waals surface area (Å²) < 4.78 is 26.6. The van der Waals surface area contributed by atoms with E-state index in [9.17, 15) is 13.6 Å². The molecule has 0 heterocycles. The maximum Gasteiger partial charge on any atom is 0.251 e. The van der Waals surface area contributed by atoms with Gasteiger partial charge in [-0.1, -0.05) is 30.3 Å². The van der Waals surface area contributed by atoms with Crippen molar-refractivity contribution in [1.82, 2.24) is 5.43 Å². The van der Waals surface area contributed by atoms with Gasteiger partial charge < -0.3 is 0 Å². The molecule has 0 aliphatic heterocycles. The Morgan fingerprint density at radius 1 is 1.15 bits per heavy atom. The number of nitrogens with two attached hydrogens (primary N) is 1. The highest BCUT2D eigenvalue weighted by atomic mass is 32.2. The van der Waals surface area contributed by atoms with Gasteiger partial charge in [0.1, 0.15) is 16.9 Å². The molecule has 2 rings (SSSR count). The molecule has 3 N–H and O–H groups in total. The zero-order chi connectivity index (χ0) is 14.5. The van der Waals surface area contributed by atoms with Crippen LogP contribution in [0.2, 0.25) is 0 Å². The molecule has 0 spiro atoms. The van der Waals surface area contributed by atoms with E-state index in [-0.39, 0.29) is 4.90 Å². The van der Waals surface area contributed by atoms with E-state index in [4.69, 9.17) is 5.84 Å². The normalized spacial score (nSPS) is 11.9. The van der Waals surface area contributed by atoms with Gasteiger partial charge in [0, 0.05) is 11.0 Å². The van der Waals surface area contributed by atoms with Gasteiger partial charge in [-0.3, -0.25) is 10.2 Å². The number of hydrogen-bond acceptors (Lipinski definition) is 3. The average molecular weight is 294 g/mol. The van der Waals surface area contributed by atoms with Crippen molar-refractivity contribution in [1.29, 1.82) is 0 Å². The zero-order valence-electron chi connectivity index (χ0n) is 10.3. The lowest BCUT2D eigenvalue weighted by atomic mass is 10.1. The summed E-state index contributed by atoms with van der Waals surface area (Å²) in [5.41, 5.74) is 2.74. The Hall–Kier alpha value is -1.92. The highest BCUT2D eigenvalue weighted by Crippen LogP contribution is 2.36. The predicted octanol–water partition coefficient (Wildman–Crippen LogP) is 2.79. The van der Waals surface area contributed by atoms with E-state index in [2.05, 4.69) is 5.43 Å². The van der Waals surface area contributed by atoms with Crippen LogP contribution in [0.4, 0.5) is 8.78 Å². The fraction of sp³-hybridized carbons (Fsp3) is 0.0714. The number of hydrogen-bond donors (Lipinski definition) is 2. The van der Waals surface area contributed by atoms with E-state index in [1.807, 2.05) is 6.07 Å². The Labute approximate surface area is 119 Å². The lowest BCUT2D eigenvalue weighted by Crippen LogP contribution is -2.33.